The quantitative estimate of drug-likeness (QED) is 0.743. The largest absolute Gasteiger partial charge is 0.417 e. The average molecular weight is 466 g/mol. The van der Waals surface area contributed by atoms with Gasteiger partial charge in [-0.2, -0.15) is 18.4 Å². The third kappa shape index (κ3) is 5.02. The first-order valence-electron chi connectivity index (χ1n) is 11.0. The molecule has 2 aliphatic heterocycles. The molecule has 33 heavy (non-hydrogen) atoms. The molecule has 0 aromatic heterocycles. The molecule has 1 N–H and O–H groups in total. The van der Waals surface area contributed by atoms with Crippen molar-refractivity contribution in [2.24, 2.45) is 11.3 Å². The summed E-state index contributed by atoms with van der Waals surface area (Å²) in [6.07, 6.45) is -3.47. The summed E-state index contributed by atoms with van der Waals surface area (Å²) in [5.41, 5.74) is -1.37. The second-order valence-electron chi connectivity index (χ2n) is 9.46. The molecular weight excluding hydrogens is 435 g/mol. The highest BCUT2D eigenvalue weighted by molar-refractivity contribution is 5.82. The van der Waals surface area contributed by atoms with Crippen LogP contribution < -0.4 is 10.2 Å². The van der Waals surface area contributed by atoms with Gasteiger partial charge in [0.1, 0.15) is 0 Å². The predicted octanol–water partition coefficient (Wildman–Crippen LogP) is 3.30. The van der Waals surface area contributed by atoms with Crippen molar-refractivity contribution in [1.29, 1.82) is 5.26 Å². The van der Waals surface area contributed by atoms with Gasteiger partial charge in [0.15, 0.2) is 0 Å². The van der Waals surface area contributed by atoms with E-state index in [1.54, 1.807) is 30.0 Å². The molecule has 2 heterocycles. The van der Waals surface area contributed by atoms with Gasteiger partial charge in [-0.15, -0.1) is 0 Å². The molecule has 1 atom stereocenters. The molecule has 2 saturated heterocycles. The minimum absolute atomic E-state index is 0.0295. The number of urea groups is 1. The van der Waals surface area contributed by atoms with Gasteiger partial charge in [-0.1, -0.05) is 0 Å². The number of halogens is 3. The van der Waals surface area contributed by atoms with Gasteiger partial charge >= 0.3 is 12.2 Å². The summed E-state index contributed by atoms with van der Waals surface area (Å²) in [6, 6.07) is 5.13. The number of nitrogens with one attached hydrogen (secondary N) is 1. The number of likely N-dealkylation sites (tertiary alicyclic amines) is 1. The van der Waals surface area contributed by atoms with Crippen LogP contribution in [0.15, 0.2) is 18.2 Å². The zero-order valence-electron chi connectivity index (χ0n) is 19.4. The van der Waals surface area contributed by atoms with Crippen LogP contribution in [0.1, 0.15) is 37.8 Å². The van der Waals surface area contributed by atoms with Crippen molar-refractivity contribution in [2.45, 2.75) is 38.9 Å². The van der Waals surface area contributed by atoms with Gasteiger partial charge < -0.3 is 20.0 Å². The fourth-order valence-corrected chi connectivity index (χ4v) is 4.89. The van der Waals surface area contributed by atoms with Gasteiger partial charge in [0, 0.05) is 57.4 Å². The van der Waals surface area contributed by atoms with Crippen molar-refractivity contribution in [3.8, 4) is 6.07 Å². The highest BCUT2D eigenvalue weighted by Gasteiger charge is 2.52. The number of anilines is 1. The number of hydrogen-bond donors (Lipinski definition) is 1. The van der Waals surface area contributed by atoms with E-state index in [0.717, 1.165) is 6.07 Å². The maximum absolute atomic E-state index is 13.4. The number of piperidine rings is 1. The zero-order chi connectivity index (χ0) is 24.6. The monoisotopic (exact) mass is 465 g/mol. The number of benzene rings is 1. The summed E-state index contributed by atoms with van der Waals surface area (Å²) in [4.78, 5) is 30.7. The highest BCUT2D eigenvalue weighted by atomic mass is 19.4. The minimum atomic E-state index is -4.61. The molecular formula is C23H30F3N5O2. The van der Waals surface area contributed by atoms with E-state index in [1.807, 2.05) is 18.7 Å². The van der Waals surface area contributed by atoms with Crippen LogP contribution in [0.4, 0.5) is 23.7 Å². The lowest BCUT2D eigenvalue weighted by Gasteiger charge is -2.43. The first-order chi connectivity index (χ1) is 15.4. The number of hydrogen-bond acceptors (Lipinski definition) is 4. The van der Waals surface area contributed by atoms with Gasteiger partial charge in [-0.05, 0) is 44.9 Å². The van der Waals surface area contributed by atoms with E-state index in [0.29, 0.717) is 44.7 Å². The predicted molar refractivity (Wildman–Crippen MR) is 117 cm³/mol. The van der Waals surface area contributed by atoms with E-state index in [4.69, 9.17) is 5.26 Å². The molecule has 180 valence electrons. The van der Waals surface area contributed by atoms with Crippen LogP contribution in [0.3, 0.4) is 0 Å². The van der Waals surface area contributed by atoms with Crippen LogP contribution in [-0.4, -0.2) is 68.1 Å². The van der Waals surface area contributed by atoms with Crippen molar-refractivity contribution in [3.63, 3.8) is 0 Å². The number of alkyl halides is 3. The minimum Gasteiger partial charge on any atom is -0.371 e. The maximum atomic E-state index is 13.4. The molecule has 0 saturated carbocycles. The highest BCUT2D eigenvalue weighted by Crippen LogP contribution is 2.46. The Morgan fingerprint density at radius 1 is 1.24 bits per heavy atom. The molecule has 1 unspecified atom stereocenters. The molecule has 10 heteroatoms. The Labute approximate surface area is 192 Å². The lowest BCUT2D eigenvalue weighted by Crippen LogP contribution is -2.48. The number of amides is 3. The zero-order valence-corrected chi connectivity index (χ0v) is 19.4. The molecule has 7 nitrogen and oxygen atoms in total. The Balaban J connectivity index is 1.82. The van der Waals surface area contributed by atoms with E-state index in [-0.39, 0.29) is 23.9 Å². The lowest BCUT2D eigenvalue weighted by atomic mass is 9.70. The Bertz CT molecular complexity index is 946. The van der Waals surface area contributed by atoms with E-state index < -0.39 is 22.7 Å². The lowest BCUT2D eigenvalue weighted by molar-refractivity contribution is -0.138. The van der Waals surface area contributed by atoms with E-state index >= 15 is 0 Å². The molecule has 2 aliphatic rings. The second-order valence-corrected chi connectivity index (χ2v) is 9.46. The molecule has 0 aliphatic carbocycles. The number of carbonyl (C=O) groups excluding carboxylic acids is 2. The standard InChI is InChI=1S/C23H30F3N5O2/c1-15(2)28-21(33)31-13-19(20(32)29(3)4)22(14-31)7-9-30(10-8-22)17-6-5-16(12-27)18(11-17)23(24,25)26/h5-6,11,15,19H,7-10,13-14H2,1-4H3,(H,28,33). The molecule has 2 fully saturated rings. The summed E-state index contributed by atoms with van der Waals surface area (Å²) in [5, 5.41) is 11.9. The normalized spacial score (nSPS) is 20.2. The fraction of sp³-hybridized carbons (Fsp3) is 0.609. The van der Waals surface area contributed by atoms with E-state index in [2.05, 4.69) is 5.32 Å². The summed E-state index contributed by atoms with van der Waals surface area (Å²) in [7, 11) is 3.38. The number of nitrogens with zero attached hydrogens (tertiary/aromatic N) is 4. The van der Waals surface area contributed by atoms with Gasteiger partial charge in [-0.25, -0.2) is 4.79 Å². The smallest absolute Gasteiger partial charge is 0.371 e. The first-order valence-corrected chi connectivity index (χ1v) is 11.0. The summed E-state index contributed by atoms with van der Waals surface area (Å²) in [5.74, 6) is -0.403. The van der Waals surface area contributed by atoms with Gasteiger partial charge in [-0.3, -0.25) is 4.79 Å². The summed E-state index contributed by atoms with van der Waals surface area (Å²) in [6.45, 7) is 5.42. The Kier molecular flexibility index (Phi) is 6.82. The van der Waals surface area contributed by atoms with Crippen molar-refractivity contribution in [3.05, 3.63) is 29.3 Å². The van der Waals surface area contributed by atoms with Gasteiger partial charge in [0.25, 0.3) is 0 Å². The van der Waals surface area contributed by atoms with Gasteiger partial charge in [0.2, 0.25) is 5.91 Å². The van der Waals surface area contributed by atoms with Crippen molar-refractivity contribution >= 4 is 17.6 Å². The summed E-state index contributed by atoms with van der Waals surface area (Å²) >= 11 is 0. The SMILES string of the molecule is CC(C)NC(=O)N1CC(C(=O)N(C)C)C2(CCN(c3ccc(C#N)c(C(F)(F)F)c3)CC2)C1. The number of carbonyl (C=O) groups is 2. The van der Waals surface area contributed by atoms with Crippen LogP contribution in [0.25, 0.3) is 0 Å². The fourth-order valence-electron chi connectivity index (χ4n) is 4.89. The number of rotatable bonds is 3. The van der Waals surface area contributed by atoms with Crippen molar-refractivity contribution in [2.75, 3.05) is 45.2 Å². The second kappa shape index (κ2) is 9.12. The third-order valence-electron chi connectivity index (χ3n) is 6.64. The molecule has 3 rings (SSSR count). The van der Waals surface area contributed by atoms with Gasteiger partial charge in [0.05, 0.1) is 23.1 Å². The van der Waals surface area contributed by atoms with Crippen LogP contribution in [0, 0.1) is 22.7 Å². The van der Waals surface area contributed by atoms with Crippen molar-refractivity contribution < 1.29 is 22.8 Å². The van der Waals surface area contributed by atoms with E-state index in [1.165, 1.54) is 12.1 Å². The van der Waals surface area contributed by atoms with Crippen LogP contribution in [-0.2, 0) is 11.0 Å². The molecule has 1 aromatic rings. The molecule has 0 radical (unpaired) electrons. The summed E-state index contributed by atoms with van der Waals surface area (Å²) < 4.78 is 40.2. The molecule has 1 aromatic carbocycles. The average Bonchev–Trinajstić information content (AvgIpc) is 3.11. The van der Waals surface area contributed by atoms with Crippen molar-refractivity contribution in [1.82, 2.24) is 15.1 Å². The maximum Gasteiger partial charge on any atom is 0.417 e. The Hall–Kier alpha value is -2.96. The molecule has 3 amide bonds. The number of nitriles is 1. The van der Waals surface area contributed by atoms with Crippen LogP contribution in [0.2, 0.25) is 0 Å². The topological polar surface area (TPSA) is 79.7 Å². The van der Waals surface area contributed by atoms with Crippen LogP contribution >= 0.6 is 0 Å². The van der Waals surface area contributed by atoms with E-state index in [9.17, 15) is 22.8 Å². The third-order valence-corrected chi connectivity index (χ3v) is 6.64. The van der Waals surface area contributed by atoms with Crippen LogP contribution in [0.5, 0.6) is 0 Å². The first kappa shape index (κ1) is 24.7. The molecule has 0 bridgehead atoms. The Morgan fingerprint density at radius 3 is 2.39 bits per heavy atom. The Morgan fingerprint density at radius 2 is 1.88 bits per heavy atom. The molecule has 1 spiro atoms.